The van der Waals surface area contributed by atoms with Crippen LogP contribution in [0.25, 0.3) is 0 Å². The number of ketones is 1. The van der Waals surface area contributed by atoms with Crippen molar-refractivity contribution in [1.82, 2.24) is 4.90 Å². The minimum atomic E-state index is -0.0985. The molecular weight excluding hydrogens is 226 g/mol. The van der Waals surface area contributed by atoms with E-state index in [0.29, 0.717) is 5.78 Å². The quantitative estimate of drug-likeness (QED) is 0.751. The van der Waals surface area contributed by atoms with Gasteiger partial charge in [-0.2, -0.15) is 0 Å². The summed E-state index contributed by atoms with van der Waals surface area (Å²) < 4.78 is 5.44. The first kappa shape index (κ1) is 12.6. The molecule has 0 aromatic rings. The SMILES string of the molecule is O=C(CCC1CC1)C1(N2CCOCC2)CCCC1. The molecule has 0 bridgehead atoms. The van der Waals surface area contributed by atoms with Crippen LogP contribution in [0.5, 0.6) is 0 Å². The van der Waals surface area contributed by atoms with Gasteiger partial charge in [0.25, 0.3) is 0 Å². The highest BCUT2D eigenvalue weighted by molar-refractivity contribution is 5.88. The van der Waals surface area contributed by atoms with Crippen molar-refractivity contribution in [2.24, 2.45) is 5.92 Å². The molecule has 3 aliphatic rings. The zero-order valence-electron chi connectivity index (χ0n) is 11.3. The number of nitrogens with zero attached hydrogens (tertiary/aromatic N) is 1. The molecule has 2 saturated carbocycles. The van der Waals surface area contributed by atoms with Crippen molar-refractivity contribution in [1.29, 1.82) is 0 Å². The first-order valence-corrected chi connectivity index (χ1v) is 7.67. The molecule has 3 fully saturated rings. The number of hydrogen-bond donors (Lipinski definition) is 0. The van der Waals surface area contributed by atoms with Gasteiger partial charge in [0.1, 0.15) is 0 Å². The fourth-order valence-corrected chi connectivity index (χ4v) is 3.70. The second-order valence-electron chi connectivity index (χ2n) is 6.24. The van der Waals surface area contributed by atoms with Gasteiger partial charge in [0.05, 0.1) is 18.8 Å². The summed E-state index contributed by atoms with van der Waals surface area (Å²) in [5.41, 5.74) is -0.0985. The summed E-state index contributed by atoms with van der Waals surface area (Å²) in [6.45, 7) is 3.51. The van der Waals surface area contributed by atoms with Gasteiger partial charge in [0.2, 0.25) is 0 Å². The van der Waals surface area contributed by atoms with E-state index in [9.17, 15) is 4.79 Å². The van der Waals surface area contributed by atoms with Gasteiger partial charge in [-0.05, 0) is 25.2 Å². The van der Waals surface area contributed by atoms with Crippen LogP contribution in [0.1, 0.15) is 51.4 Å². The normalized spacial score (nSPS) is 28.4. The minimum absolute atomic E-state index is 0.0985. The molecule has 0 amide bonds. The lowest BCUT2D eigenvalue weighted by Crippen LogP contribution is -2.56. The lowest BCUT2D eigenvalue weighted by Gasteiger charge is -2.42. The molecule has 0 radical (unpaired) electrons. The molecule has 1 heterocycles. The third-order valence-electron chi connectivity index (χ3n) is 5.04. The number of morpholine rings is 1. The molecule has 0 aromatic carbocycles. The van der Waals surface area contributed by atoms with Crippen LogP contribution < -0.4 is 0 Å². The average Bonchev–Trinajstić information content (AvgIpc) is 3.11. The van der Waals surface area contributed by atoms with Gasteiger partial charge in [-0.1, -0.05) is 25.7 Å². The second-order valence-corrected chi connectivity index (χ2v) is 6.24. The molecule has 18 heavy (non-hydrogen) atoms. The highest BCUT2D eigenvalue weighted by Crippen LogP contribution is 2.40. The van der Waals surface area contributed by atoms with E-state index in [1.165, 1.54) is 25.7 Å². The Labute approximate surface area is 110 Å². The minimum Gasteiger partial charge on any atom is -0.379 e. The Hall–Kier alpha value is -0.410. The summed E-state index contributed by atoms with van der Waals surface area (Å²) in [6.07, 6.45) is 9.33. The number of carbonyl (C=O) groups is 1. The molecule has 1 saturated heterocycles. The summed E-state index contributed by atoms with van der Waals surface area (Å²) in [6, 6.07) is 0. The fourth-order valence-electron chi connectivity index (χ4n) is 3.70. The van der Waals surface area contributed by atoms with Crippen molar-refractivity contribution in [2.45, 2.75) is 56.9 Å². The van der Waals surface area contributed by atoms with Gasteiger partial charge < -0.3 is 4.74 Å². The molecule has 0 unspecified atom stereocenters. The van der Waals surface area contributed by atoms with Gasteiger partial charge in [-0.25, -0.2) is 0 Å². The Morgan fingerprint density at radius 3 is 2.44 bits per heavy atom. The number of hydrogen-bond acceptors (Lipinski definition) is 3. The maximum atomic E-state index is 12.7. The predicted molar refractivity (Wildman–Crippen MR) is 70.6 cm³/mol. The van der Waals surface area contributed by atoms with E-state index in [2.05, 4.69) is 4.90 Å². The topological polar surface area (TPSA) is 29.5 Å². The van der Waals surface area contributed by atoms with E-state index >= 15 is 0 Å². The lowest BCUT2D eigenvalue weighted by atomic mass is 9.86. The summed E-state index contributed by atoms with van der Waals surface area (Å²) in [5.74, 6) is 1.41. The molecule has 0 N–H and O–H groups in total. The molecule has 3 heteroatoms. The zero-order chi connectivity index (χ0) is 12.4. The van der Waals surface area contributed by atoms with E-state index in [1.54, 1.807) is 0 Å². The number of carbonyl (C=O) groups excluding carboxylic acids is 1. The van der Waals surface area contributed by atoms with Crippen LogP contribution in [-0.4, -0.2) is 42.5 Å². The van der Waals surface area contributed by atoms with E-state index in [0.717, 1.165) is 57.9 Å². The predicted octanol–water partition coefficient (Wildman–Crippen LogP) is 2.39. The average molecular weight is 251 g/mol. The summed E-state index contributed by atoms with van der Waals surface area (Å²) in [5, 5.41) is 0. The standard InChI is InChI=1S/C15H25NO2/c17-14(6-5-13-3-4-13)15(7-1-2-8-15)16-9-11-18-12-10-16/h13H,1-12H2. The Morgan fingerprint density at radius 2 is 1.83 bits per heavy atom. The van der Waals surface area contributed by atoms with E-state index in [-0.39, 0.29) is 5.54 Å². The van der Waals surface area contributed by atoms with Crippen LogP contribution in [0, 0.1) is 5.92 Å². The first-order chi connectivity index (χ1) is 8.81. The van der Waals surface area contributed by atoms with Crippen LogP contribution >= 0.6 is 0 Å². The summed E-state index contributed by atoms with van der Waals surface area (Å²) in [4.78, 5) is 15.2. The maximum Gasteiger partial charge on any atom is 0.153 e. The van der Waals surface area contributed by atoms with Crippen LogP contribution in [0.3, 0.4) is 0 Å². The molecule has 1 aliphatic heterocycles. The van der Waals surface area contributed by atoms with Crippen LogP contribution in [0.2, 0.25) is 0 Å². The third-order valence-corrected chi connectivity index (χ3v) is 5.04. The Kier molecular flexibility index (Phi) is 3.71. The van der Waals surface area contributed by atoms with E-state index in [1.807, 2.05) is 0 Å². The van der Waals surface area contributed by atoms with Gasteiger partial charge in [-0.15, -0.1) is 0 Å². The van der Waals surface area contributed by atoms with Crippen molar-refractivity contribution < 1.29 is 9.53 Å². The van der Waals surface area contributed by atoms with Gasteiger partial charge in [0, 0.05) is 19.5 Å². The molecule has 0 spiro atoms. The van der Waals surface area contributed by atoms with Crippen molar-refractivity contribution in [3.8, 4) is 0 Å². The van der Waals surface area contributed by atoms with Crippen LogP contribution in [0.15, 0.2) is 0 Å². The molecule has 0 atom stereocenters. The number of Topliss-reactive ketones (excluding diaryl/α,β-unsaturated/α-hetero) is 1. The van der Waals surface area contributed by atoms with Gasteiger partial charge >= 0.3 is 0 Å². The van der Waals surface area contributed by atoms with Crippen LogP contribution in [-0.2, 0) is 9.53 Å². The summed E-state index contributed by atoms with van der Waals surface area (Å²) >= 11 is 0. The Bertz CT molecular complexity index is 300. The Balaban J connectivity index is 1.66. The summed E-state index contributed by atoms with van der Waals surface area (Å²) in [7, 11) is 0. The van der Waals surface area contributed by atoms with Crippen molar-refractivity contribution >= 4 is 5.78 Å². The zero-order valence-corrected chi connectivity index (χ0v) is 11.3. The van der Waals surface area contributed by atoms with Crippen LogP contribution in [0.4, 0.5) is 0 Å². The van der Waals surface area contributed by atoms with Crippen molar-refractivity contribution in [3.05, 3.63) is 0 Å². The smallest absolute Gasteiger partial charge is 0.153 e. The van der Waals surface area contributed by atoms with Crippen molar-refractivity contribution in [2.75, 3.05) is 26.3 Å². The Morgan fingerprint density at radius 1 is 1.17 bits per heavy atom. The highest BCUT2D eigenvalue weighted by Gasteiger charge is 2.45. The lowest BCUT2D eigenvalue weighted by molar-refractivity contribution is -0.134. The van der Waals surface area contributed by atoms with Gasteiger partial charge in [-0.3, -0.25) is 9.69 Å². The third kappa shape index (κ3) is 2.48. The molecular formula is C15H25NO2. The highest BCUT2D eigenvalue weighted by atomic mass is 16.5. The van der Waals surface area contributed by atoms with E-state index < -0.39 is 0 Å². The fraction of sp³-hybridized carbons (Fsp3) is 0.933. The molecule has 102 valence electrons. The molecule has 3 nitrogen and oxygen atoms in total. The molecule has 3 rings (SSSR count). The largest absolute Gasteiger partial charge is 0.379 e. The van der Waals surface area contributed by atoms with Gasteiger partial charge in [0.15, 0.2) is 5.78 Å². The maximum absolute atomic E-state index is 12.7. The second kappa shape index (κ2) is 5.30. The van der Waals surface area contributed by atoms with E-state index in [4.69, 9.17) is 4.74 Å². The monoisotopic (exact) mass is 251 g/mol. The number of rotatable bonds is 5. The number of ether oxygens (including phenoxy) is 1. The van der Waals surface area contributed by atoms with Crippen molar-refractivity contribution in [3.63, 3.8) is 0 Å². The molecule has 2 aliphatic carbocycles. The molecule has 0 aromatic heterocycles. The first-order valence-electron chi connectivity index (χ1n) is 7.67.